The summed E-state index contributed by atoms with van der Waals surface area (Å²) in [4.78, 5) is 10.2. The molecule has 0 spiro atoms. The summed E-state index contributed by atoms with van der Waals surface area (Å²) in [6.07, 6.45) is -1.59. The van der Waals surface area contributed by atoms with Crippen LogP contribution >= 0.6 is 0 Å². The lowest BCUT2D eigenvalue weighted by Gasteiger charge is -1.97. The maximum absolute atomic E-state index is 10.2. The number of azo groups is 1. The zero-order valence-corrected chi connectivity index (χ0v) is 9.32. The van der Waals surface area contributed by atoms with E-state index in [1.54, 1.807) is 12.1 Å². The lowest BCUT2D eigenvalue weighted by molar-refractivity contribution is 0.117. The Morgan fingerprint density at radius 2 is 1.39 bits per heavy atom. The Morgan fingerprint density at radius 3 is 1.94 bits per heavy atom. The van der Waals surface area contributed by atoms with Crippen LogP contribution in [0.3, 0.4) is 0 Å². The maximum Gasteiger partial charge on any atom is 0.555 e. The Labute approximate surface area is 103 Å². The molecule has 0 bridgehead atoms. The van der Waals surface area contributed by atoms with Gasteiger partial charge in [0.1, 0.15) is 5.75 Å². The summed E-state index contributed by atoms with van der Waals surface area (Å²) >= 11 is 0. The van der Waals surface area contributed by atoms with Crippen molar-refractivity contribution in [3.63, 3.8) is 0 Å². The molecule has 18 heavy (non-hydrogen) atoms. The van der Waals surface area contributed by atoms with Gasteiger partial charge >= 0.3 is 6.16 Å². The predicted molar refractivity (Wildman–Crippen MR) is 63.8 cm³/mol. The zero-order chi connectivity index (χ0) is 12.8. The van der Waals surface area contributed by atoms with E-state index in [0.717, 1.165) is 5.69 Å². The van der Waals surface area contributed by atoms with Gasteiger partial charge in [0.05, 0.1) is 11.4 Å². The van der Waals surface area contributed by atoms with Crippen LogP contribution in [0.1, 0.15) is 0 Å². The van der Waals surface area contributed by atoms with Crippen LogP contribution in [0, 0.1) is 0 Å². The van der Waals surface area contributed by atoms with E-state index in [4.69, 9.17) is 0 Å². The number of carbonyl (C=O) groups excluding carboxylic acids is 1. The highest BCUT2D eigenvalue weighted by Crippen LogP contribution is 2.21. The Balaban J connectivity index is 2.06. The van der Waals surface area contributed by atoms with Gasteiger partial charge in [0, 0.05) is 0 Å². The van der Waals surface area contributed by atoms with E-state index in [1.165, 1.54) is 12.1 Å². The van der Waals surface area contributed by atoms with Crippen molar-refractivity contribution >= 4 is 17.5 Å². The molecule has 0 aromatic heterocycles. The number of ether oxygens (including phenoxy) is 1. The third-order valence-corrected chi connectivity index (χ3v) is 2.08. The minimum absolute atomic E-state index is 0.189. The van der Waals surface area contributed by atoms with E-state index in [2.05, 4.69) is 15.0 Å². The summed E-state index contributed by atoms with van der Waals surface area (Å²) in [5, 5.41) is 18.2. The smallest absolute Gasteiger partial charge is 0.392 e. The lowest BCUT2D eigenvalue weighted by atomic mass is 10.3. The van der Waals surface area contributed by atoms with Crippen LogP contribution in [0.2, 0.25) is 0 Å². The molecule has 2 rings (SSSR count). The molecule has 0 unspecified atom stereocenters. The van der Waals surface area contributed by atoms with Gasteiger partial charge in [0.25, 0.3) is 0 Å². The first kappa shape index (κ1) is 11.8. The van der Waals surface area contributed by atoms with Gasteiger partial charge in [-0.3, -0.25) is 0 Å². The van der Waals surface area contributed by atoms with Gasteiger partial charge in [-0.05, 0) is 36.4 Å². The van der Waals surface area contributed by atoms with Crippen molar-refractivity contribution in [1.82, 2.24) is 0 Å². The second-order valence-corrected chi connectivity index (χ2v) is 3.38. The Bertz CT molecular complexity index is 550. The number of hydrogen-bond acceptors (Lipinski definition) is 4. The van der Waals surface area contributed by atoms with Gasteiger partial charge in [-0.2, -0.15) is 20.1 Å². The summed E-state index contributed by atoms with van der Waals surface area (Å²) in [5.74, 6) is 0.189. The third-order valence-electron chi connectivity index (χ3n) is 2.08. The van der Waals surface area contributed by atoms with Gasteiger partial charge < -0.3 is 4.74 Å². The molecule has 0 aliphatic heterocycles. The Hall–Kier alpha value is -2.69. The predicted octanol–water partition coefficient (Wildman–Crippen LogP) is 4.03. The Morgan fingerprint density at radius 1 is 0.833 bits per heavy atom. The van der Waals surface area contributed by atoms with Crippen molar-refractivity contribution in [3.8, 4) is 5.75 Å². The van der Waals surface area contributed by atoms with Crippen molar-refractivity contribution in [1.29, 1.82) is 0 Å². The number of rotatable bonds is 3. The molecular formula is C13H9N2O3. The topological polar surface area (TPSA) is 70.9 Å². The fourth-order valence-electron chi connectivity index (χ4n) is 1.29. The second-order valence-electron chi connectivity index (χ2n) is 3.38. The first-order valence-corrected chi connectivity index (χ1v) is 5.20. The van der Waals surface area contributed by atoms with Crippen molar-refractivity contribution in [3.05, 3.63) is 54.6 Å². The first-order chi connectivity index (χ1) is 8.74. The molecule has 0 saturated heterocycles. The molecule has 0 amide bonds. The normalized spacial score (nSPS) is 10.4. The average molecular weight is 241 g/mol. The van der Waals surface area contributed by atoms with E-state index < -0.39 is 6.16 Å². The fraction of sp³-hybridized carbons (Fsp3) is 0. The van der Waals surface area contributed by atoms with Crippen LogP contribution in [-0.4, -0.2) is 6.16 Å². The van der Waals surface area contributed by atoms with Crippen LogP contribution < -0.4 is 4.74 Å². The minimum Gasteiger partial charge on any atom is -0.392 e. The summed E-state index contributed by atoms with van der Waals surface area (Å²) < 4.78 is 4.37. The molecule has 0 heterocycles. The minimum atomic E-state index is -1.59. The van der Waals surface area contributed by atoms with Crippen LogP contribution in [-0.2, 0) is 5.11 Å². The number of nitrogens with zero attached hydrogens (tertiary/aromatic N) is 2. The van der Waals surface area contributed by atoms with E-state index in [9.17, 15) is 9.90 Å². The Kier molecular flexibility index (Phi) is 3.66. The molecule has 1 radical (unpaired) electrons. The summed E-state index contributed by atoms with van der Waals surface area (Å²) in [5.41, 5.74) is 1.34. The number of hydrogen-bond donors (Lipinski definition) is 0. The lowest BCUT2D eigenvalue weighted by Crippen LogP contribution is -2.00. The summed E-state index contributed by atoms with van der Waals surface area (Å²) in [7, 11) is 0. The van der Waals surface area contributed by atoms with Gasteiger partial charge in [0.15, 0.2) is 0 Å². The molecule has 0 atom stereocenters. The molecule has 0 N–H and O–H groups in total. The molecule has 5 nitrogen and oxygen atoms in total. The van der Waals surface area contributed by atoms with Gasteiger partial charge in [-0.25, -0.2) is 0 Å². The van der Waals surface area contributed by atoms with Crippen LogP contribution in [0.25, 0.3) is 0 Å². The van der Waals surface area contributed by atoms with Gasteiger partial charge in [-0.15, -0.1) is 0 Å². The third kappa shape index (κ3) is 3.41. The van der Waals surface area contributed by atoms with Crippen molar-refractivity contribution in [2.75, 3.05) is 0 Å². The van der Waals surface area contributed by atoms with E-state index in [0.29, 0.717) is 5.69 Å². The molecule has 0 fully saturated rings. The van der Waals surface area contributed by atoms with Gasteiger partial charge in [0.2, 0.25) is 0 Å². The van der Waals surface area contributed by atoms with Crippen molar-refractivity contribution in [2.45, 2.75) is 0 Å². The van der Waals surface area contributed by atoms with Crippen LogP contribution in [0.5, 0.6) is 5.75 Å². The molecule has 0 aliphatic rings. The van der Waals surface area contributed by atoms with E-state index in [-0.39, 0.29) is 5.75 Å². The monoisotopic (exact) mass is 241 g/mol. The van der Waals surface area contributed by atoms with E-state index >= 15 is 0 Å². The van der Waals surface area contributed by atoms with Crippen molar-refractivity contribution in [2.24, 2.45) is 10.2 Å². The summed E-state index contributed by atoms with van der Waals surface area (Å²) in [6.45, 7) is 0. The van der Waals surface area contributed by atoms with Crippen LogP contribution in [0.15, 0.2) is 64.8 Å². The highest BCUT2D eigenvalue weighted by Gasteiger charge is 2.01. The molecular weight excluding hydrogens is 232 g/mol. The number of benzene rings is 2. The zero-order valence-electron chi connectivity index (χ0n) is 9.32. The molecule has 0 saturated carbocycles. The van der Waals surface area contributed by atoms with E-state index in [1.807, 2.05) is 30.3 Å². The molecule has 2 aromatic rings. The van der Waals surface area contributed by atoms with Gasteiger partial charge in [-0.1, -0.05) is 18.2 Å². The average Bonchev–Trinajstić information content (AvgIpc) is 2.38. The highest BCUT2D eigenvalue weighted by atomic mass is 16.7. The fourth-order valence-corrected chi connectivity index (χ4v) is 1.29. The number of carbonyl (C=O) groups is 1. The molecule has 2 aromatic carbocycles. The molecule has 0 aliphatic carbocycles. The second kappa shape index (κ2) is 5.58. The largest absolute Gasteiger partial charge is 0.555 e. The standard InChI is InChI=1S/C13H9N2O3/c16-13(17)18-12-8-6-11(7-9-12)15-14-10-4-2-1-3-5-10/h1-9H. The molecule has 5 heteroatoms. The SMILES string of the molecule is [O]C(=O)Oc1ccc(N=Nc2ccccc2)cc1. The summed E-state index contributed by atoms with van der Waals surface area (Å²) in [6, 6.07) is 15.5. The first-order valence-electron chi connectivity index (χ1n) is 5.20. The van der Waals surface area contributed by atoms with Crippen LogP contribution in [0.4, 0.5) is 16.2 Å². The molecule has 89 valence electrons. The van der Waals surface area contributed by atoms with Crippen molar-refractivity contribution < 1.29 is 14.6 Å². The maximum atomic E-state index is 10.2. The quantitative estimate of drug-likeness (QED) is 0.462. The highest BCUT2D eigenvalue weighted by molar-refractivity contribution is 5.61.